The molecular weight excluding hydrogens is 354 g/mol. The van der Waals surface area contributed by atoms with Crippen LogP contribution in [0.2, 0.25) is 0 Å². The molecular formula is C22H23N3O3. The molecule has 1 N–H and O–H groups in total. The first-order chi connectivity index (χ1) is 13.6. The van der Waals surface area contributed by atoms with E-state index >= 15 is 0 Å². The molecule has 0 spiro atoms. The number of benzene rings is 2. The molecule has 2 aromatic rings. The van der Waals surface area contributed by atoms with Crippen molar-refractivity contribution in [1.82, 2.24) is 9.91 Å². The van der Waals surface area contributed by atoms with E-state index in [2.05, 4.69) is 0 Å². The topological polar surface area (TPSA) is 73.2 Å². The molecule has 28 heavy (non-hydrogen) atoms. The van der Waals surface area contributed by atoms with Crippen LogP contribution in [-0.4, -0.2) is 51.9 Å². The first-order valence-electron chi connectivity index (χ1n) is 9.63. The van der Waals surface area contributed by atoms with E-state index in [0.29, 0.717) is 25.1 Å². The molecule has 1 saturated heterocycles. The molecule has 0 radical (unpaired) electrons. The molecule has 0 aliphatic carbocycles. The van der Waals surface area contributed by atoms with E-state index in [1.807, 2.05) is 60.7 Å². The second kappa shape index (κ2) is 7.84. The highest BCUT2D eigenvalue weighted by Gasteiger charge is 2.39. The molecule has 6 nitrogen and oxygen atoms in total. The average molecular weight is 377 g/mol. The zero-order valence-corrected chi connectivity index (χ0v) is 15.6. The van der Waals surface area contributed by atoms with Gasteiger partial charge in [0.05, 0.1) is 11.8 Å². The number of carboxylic acid groups (broad SMARTS) is 1. The highest BCUT2D eigenvalue weighted by molar-refractivity contribution is 6.04. The van der Waals surface area contributed by atoms with Crippen LogP contribution >= 0.6 is 0 Å². The largest absolute Gasteiger partial charge is 0.465 e. The fraction of sp³-hybridized carbons (Fsp3) is 0.318. The van der Waals surface area contributed by atoms with Crippen molar-refractivity contribution in [2.45, 2.75) is 25.3 Å². The van der Waals surface area contributed by atoms with Gasteiger partial charge in [0, 0.05) is 25.1 Å². The molecule has 2 aliphatic heterocycles. The van der Waals surface area contributed by atoms with Gasteiger partial charge in [0.15, 0.2) is 0 Å². The monoisotopic (exact) mass is 377 g/mol. The van der Waals surface area contributed by atoms with E-state index < -0.39 is 6.09 Å². The second-order valence-corrected chi connectivity index (χ2v) is 7.31. The Morgan fingerprint density at radius 2 is 1.54 bits per heavy atom. The Kier molecular flexibility index (Phi) is 5.10. The van der Waals surface area contributed by atoms with Gasteiger partial charge in [0.1, 0.15) is 0 Å². The number of piperidine rings is 1. The van der Waals surface area contributed by atoms with Crippen LogP contribution in [0.1, 0.15) is 35.2 Å². The lowest BCUT2D eigenvalue weighted by atomic mass is 9.86. The summed E-state index contributed by atoms with van der Waals surface area (Å²) in [6.07, 6.45) is 1.31. The van der Waals surface area contributed by atoms with Crippen LogP contribution < -0.4 is 0 Å². The van der Waals surface area contributed by atoms with Crippen molar-refractivity contribution in [3.8, 4) is 0 Å². The van der Waals surface area contributed by atoms with Crippen molar-refractivity contribution in [2.24, 2.45) is 11.0 Å². The highest BCUT2D eigenvalue weighted by atomic mass is 16.4. The van der Waals surface area contributed by atoms with Crippen LogP contribution in [0.4, 0.5) is 4.79 Å². The van der Waals surface area contributed by atoms with Crippen LogP contribution in [0, 0.1) is 5.92 Å². The van der Waals surface area contributed by atoms with Gasteiger partial charge in [0.25, 0.3) is 5.91 Å². The summed E-state index contributed by atoms with van der Waals surface area (Å²) in [4.78, 5) is 25.8. The predicted molar refractivity (Wildman–Crippen MR) is 106 cm³/mol. The Balaban J connectivity index is 1.59. The fourth-order valence-electron chi connectivity index (χ4n) is 4.09. The smallest absolute Gasteiger partial charge is 0.407 e. The summed E-state index contributed by atoms with van der Waals surface area (Å²) in [6.45, 7) is 1.01. The Bertz CT molecular complexity index is 874. The minimum atomic E-state index is -0.872. The maximum absolute atomic E-state index is 13.2. The highest BCUT2D eigenvalue weighted by Crippen LogP contribution is 2.33. The number of rotatable bonds is 3. The van der Waals surface area contributed by atoms with Gasteiger partial charge in [-0.1, -0.05) is 48.5 Å². The van der Waals surface area contributed by atoms with Gasteiger partial charge >= 0.3 is 6.09 Å². The second-order valence-electron chi connectivity index (χ2n) is 7.31. The van der Waals surface area contributed by atoms with Crippen molar-refractivity contribution in [3.05, 3.63) is 71.8 Å². The SMILES string of the molecule is O=C(O)N1CCC(C2CC(c3ccccc3)=NN2C(=O)c2ccccc2)CC1. The number of carbonyl (C=O) groups is 2. The summed E-state index contributed by atoms with van der Waals surface area (Å²) in [5, 5.41) is 15.6. The average Bonchev–Trinajstić information content (AvgIpc) is 3.20. The Hall–Kier alpha value is -3.15. The third-order valence-corrected chi connectivity index (χ3v) is 5.64. The third kappa shape index (κ3) is 3.63. The van der Waals surface area contributed by atoms with Gasteiger partial charge in [0.2, 0.25) is 0 Å². The van der Waals surface area contributed by atoms with E-state index in [4.69, 9.17) is 5.10 Å². The molecule has 1 fully saturated rings. The molecule has 1 unspecified atom stereocenters. The molecule has 4 rings (SSSR count). The maximum atomic E-state index is 13.2. The molecule has 0 bridgehead atoms. The number of hydrogen-bond acceptors (Lipinski definition) is 3. The molecule has 2 heterocycles. The third-order valence-electron chi connectivity index (χ3n) is 5.64. The van der Waals surface area contributed by atoms with Crippen LogP contribution in [0.5, 0.6) is 0 Å². The van der Waals surface area contributed by atoms with Gasteiger partial charge in [-0.25, -0.2) is 9.80 Å². The van der Waals surface area contributed by atoms with Gasteiger partial charge in [-0.2, -0.15) is 5.10 Å². The number of hydrogen-bond donors (Lipinski definition) is 1. The zero-order valence-electron chi connectivity index (χ0n) is 15.6. The van der Waals surface area contributed by atoms with Crippen molar-refractivity contribution in [3.63, 3.8) is 0 Å². The summed E-state index contributed by atoms with van der Waals surface area (Å²) in [5.74, 6) is 0.130. The summed E-state index contributed by atoms with van der Waals surface area (Å²) in [6, 6.07) is 19.1. The summed E-state index contributed by atoms with van der Waals surface area (Å²) >= 11 is 0. The summed E-state index contributed by atoms with van der Waals surface area (Å²) in [7, 11) is 0. The minimum Gasteiger partial charge on any atom is -0.465 e. The lowest BCUT2D eigenvalue weighted by molar-refractivity contribution is 0.0572. The quantitative estimate of drug-likeness (QED) is 0.886. The van der Waals surface area contributed by atoms with Gasteiger partial charge in [-0.3, -0.25) is 4.79 Å². The fourth-order valence-corrected chi connectivity index (χ4v) is 4.09. The summed E-state index contributed by atoms with van der Waals surface area (Å²) in [5.41, 5.74) is 2.56. The molecule has 6 heteroatoms. The maximum Gasteiger partial charge on any atom is 0.407 e. The van der Waals surface area contributed by atoms with Crippen LogP contribution in [-0.2, 0) is 0 Å². The summed E-state index contributed by atoms with van der Waals surface area (Å²) < 4.78 is 0. The van der Waals surface area contributed by atoms with Crippen molar-refractivity contribution >= 4 is 17.7 Å². The molecule has 0 aromatic heterocycles. The zero-order chi connectivity index (χ0) is 19.5. The van der Waals surface area contributed by atoms with E-state index in [9.17, 15) is 14.7 Å². The predicted octanol–water partition coefficient (Wildman–Crippen LogP) is 3.70. The van der Waals surface area contributed by atoms with Gasteiger partial charge < -0.3 is 10.0 Å². The molecule has 0 saturated carbocycles. The number of hydrazone groups is 1. The molecule has 144 valence electrons. The Morgan fingerprint density at radius 1 is 0.929 bits per heavy atom. The van der Waals surface area contributed by atoms with Crippen molar-refractivity contribution in [1.29, 1.82) is 0 Å². The molecule has 2 aromatic carbocycles. The van der Waals surface area contributed by atoms with Gasteiger partial charge in [-0.15, -0.1) is 0 Å². The molecule has 2 aliphatic rings. The van der Waals surface area contributed by atoms with E-state index in [1.54, 1.807) is 5.01 Å². The minimum absolute atomic E-state index is 0.0427. The first-order valence-corrected chi connectivity index (χ1v) is 9.63. The molecule has 2 amide bonds. The van der Waals surface area contributed by atoms with Crippen molar-refractivity contribution in [2.75, 3.05) is 13.1 Å². The van der Waals surface area contributed by atoms with E-state index in [1.165, 1.54) is 4.90 Å². The van der Waals surface area contributed by atoms with Crippen LogP contribution in [0.15, 0.2) is 65.8 Å². The van der Waals surface area contributed by atoms with Crippen LogP contribution in [0.3, 0.4) is 0 Å². The number of amides is 2. The lowest BCUT2D eigenvalue weighted by Crippen LogP contribution is -2.45. The lowest BCUT2D eigenvalue weighted by Gasteiger charge is -2.35. The Morgan fingerprint density at radius 3 is 2.14 bits per heavy atom. The van der Waals surface area contributed by atoms with Crippen molar-refractivity contribution < 1.29 is 14.7 Å². The first kappa shape index (κ1) is 18.2. The van der Waals surface area contributed by atoms with E-state index in [-0.39, 0.29) is 17.9 Å². The Labute approximate surface area is 164 Å². The normalized spacial score (nSPS) is 20.1. The molecule has 1 atom stereocenters. The standard InChI is InChI=1S/C22H23N3O3/c26-21(18-9-5-2-6-10-18)25-20(17-11-13-24(14-12-17)22(27)28)15-19(23-25)16-7-3-1-4-8-16/h1-10,17,20H,11-15H2,(H,27,28). The number of likely N-dealkylation sites (tertiary alicyclic amines) is 1. The van der Waals surface area contributed by atoms with Gasteiger partial charge in [-0.05, 0) is 36.5 Å². The van der Waals surface area contributed by atoms with E-state index in [0.717, 1.165) is 24.1 Å². The number of nitrogens with zero attached hydrogens (tertiary/aromatic N) is 3. The number of carbonyl (C=O) groups excluding carboxylic acids is 1. The van der Waals surface area contributed by atoms with Crippen LogP contribution in [0.25, 0.3) is 0 Å².